The SMILES string of the molecule is Cc1nc2ccc(Oc3ccccc3)cc2c2c1CC(CCc1ccccc1)N2. The van der Waals surface area contributed by atoms with Crippen molar-refractivity contribution in [2.24, 2.45) is 0 Å². The Balaban J connectivity index is 1.41. The maximum atomic E-state index is 6.05. The molecule has 3 aromatic carbocycles. The van der Waals surface area contributed by atoms with Crippen LogP contribution in [0.25, 0.3) is 10.9 Å². The van der Waals surface area contributed by atoms with Crippen LogP contribution in [0.3, 0.4) is 0 Å². The molecule has 0 fully saturated rings. The van der Waals surface area contributed by atoms with Gasteiger partial charge in [0, 0.05) is 22.8 Å². The van der Waals surface area contributed by atoms with Gasteiger partial charge in [-0.3, -0.25) is 4.98 Å². The van der Waals surface area contributed by atoms with Crippen LogP contribution in [-0.2, 0) is 12.8 Å². The molecule has 1 N–H and O–H groups in total. The molecule has 1 aliphatic heterocycles. The largest absolute Gasteiger partial charge is 0.457 e. The number of ether oxygens (including phenoxy) is 1. The van der Waals surface area contributed by atoms with Crippen molar-refractivity contribution in [3.05, 3.63) is 95.7 Å². The topological polar surface area (TPSA) is 34.1 Å². The third kappa shape index (κ3) is 3.68. The van der Waals surface area contributed by atoms with Crippen LogP contribution in [0.1, 0.15) is 23.2 Å². The summed E-state index contributed by atoms with van der Waals surface area (Å²) in [7, 11) is 0. The van der Waals surface area contributed by atoms with Crippen molar-refractivity contribution in [1.82, 2.24) is 4.98 Å². The predicted molar refractivity (Wildman–Crippen MR) is 119 cm³/mol. The average molecular weight is 380 g/mol. The predicted octanol–water partition coefficient (Wildman–Crippen LogP) is 6.30. The van der Waals surface area contributed by atoms with Crippen molar-refractivity contribution >= 4 is 16.6 Å². The number of aryl methyl sites for hydroxylation is 2. The van der Waals surface area contributed by atoms with Crippen molar-refractivity contribution in [3.8, 4) is 11.5 Å². The first-order valence-electron chi connectivity index (χ1n) is 10.2. The number of pyridine rings is 1. The lowest BCUT2D eigenvalue weighted by Crippen LogP contribution is -2.16. The number of nitrogens with zero attached hydrogens (tertiary/aromatic N) is 1. The summed E-state index contributed by atoms with van der Waals surface area (Å²) >= 11 is 0. The van der Waals surface area contributed by atoms with Crippen molar-refractivity contribution < 1.29 is 4.74 Å². The molecule has 0 radical (unpaired) electrons. The quantitative estimate of drug-likeness (QED) is 0.441. The van der Waals surface area contributed by atoms with Crippen LogP contribution in [0, 0.1) is 6.92 Å². The molecular weight excluding hydrogens is 356 g/mol. The lowest BCUT2D eigenvalue weighted by atomic mass is 10.0. The molecule has 1 unspecified atom stereocenters. The zero-order valence-corrected chi connectivity index (χ0v) is 16.6. The zero-order valence-electron chi connectivity index (χ0n) is 16.6. The summed E-state index contributed by atoms with van der Waals surface area (Å²) in [6.07, 6.45) is 3.22. The van der Waals surface area contributed by atoms with E-state index < -0.39 is 0 Å². The van der Waals surface area contributed by atoms with Crippen molar-refractivity contribution in [2.75, 3.05) is 5.32 Å². The fraction of sp³-hybridized carbons (Fsp3) is 0.192. The van der Waals surface area contributed by atoms with Crippen molar-refractivity contribution in [1.29, 1.82) is 0 Å². The second kappa shape index (κ2) is 7.59. The van der Waals surface area contributed by atoms with E-state index in [0.29, 0.717) is 6.04 Å². The molecule has 0 bridgehead atoms. The highest BCUT2D eigenvalue weighted by Crippen LogP contribution is 2.38. The average Bonchev–Trinajstić information content (AvgIpc) is 3.20. The number of benzene rings is 3. The fourth-order valence-corrected chi connectivity index (χ4v) is 4.17. The van der Waals surface area contributed by atoms with Gasteiger partial charge < -0.3 is 10.1 Å². The van der Waals surface area contributed by atoms with Crippen LogP contribution in [0.15, 0.2) is 78.9 Å². The van der Waals surface area contributed by atoms with Crippen LogP contribution >= 0.6 is 0 Å². The summed E-state index contributed by atoms with van der Waals surface area (Å²) < 4.78 is 6.05. The molecule has 3 nitrogen and oxygen atoms in total. The third-order valence-electron chi connectivity index (χ3n) is 5.67. The molecule has 0 aliphatic carbocycles. The maximum absolute atomic E-state index is 6.05. The van der Waals surface area contributed by atoms with Gasteiger partial charge in [0.15, 0.2) is 0 Å². The van der Waals surface area contributed by atoms with Crippen LogP contribution in [0.5, 0.6) is 11.5 Å². The summed E-state index contributed by atoms with van der Waals surface area (Å²) in [4.78, 5) is 4.85. The number of hydrogen-bond donors (Lipinski definition) is 1. The number of hydrogen-bond acceptors (Lipinski definition) is 3. The molecule has 0 amide bonds. The van der Waals surface area contributed by atoms with Crippen LogP contribution in [-0.4, -0.2) is 11.0 Å². The van der Waals surface area contributed by atoms with Crippen LogP contribution in [0.4, 0.5) is 5.69 Å². The second-order valence-corrected chi connectivity index (χ2v) is 7.71. The molecule has 1 aliphatic rings. The Morgan fingerprint density at radius 1 is 0.931 bits per heavy atom. The van der Waals surface area contributed by atoms with E-state index in [4.69, 9.17) is 9.72 Å². The molecule has 1 atom stereocenters. The lowest BCUT2D eigenvalue weighted by molar-refractivity contribution is 0.483. The molecular formula is C26H24N2O. The summed E-state index contributed by atoms with van der Waals surface area (Å²) in [6, 6.07) is 27.2. The molecule has 144 valence electrons. The number of nitrogens with one attached hydrogen (secondary N) is 1. The number of aromatic nitrogens is 1. The minimum Gasteiger partial charge on any atom is -0.457 e. The van der Waals surface area contributed by atoms with Crippen molar-refractivity contribution in [2.45, 2.75) is 32.2 Å². The smallest absolute Gasteiger partial charge is 0.128 e. The first-order chi connectivity index (χ1) is 14.3. The highest BCUT2D eigenvalue weighted by Gasteiger charge is 2.25. The molecule has 0 saturated carbocycles. The van der Waals surface area contributed by atoms with E-state index in [-0.39, 0.29) is 0 Å². The highest BCUT2D eigenvalue weighted by atomic mass is 16.5. The standard InChI is InChI=1S/C26H24N2O/c1-18-23-16-20(13-12-19-8-4-2-5-9-19)28-26(23)24-17-22(14-15-25(24)27-18)29-21-10-6-3-7-11-21/h2-11,14-15,17,20,28H,12-13,16H2,1H3. The Hall–Kier alpha value is -3.33. The van der Waals surface area contributed by atoms with Gasteiger partial charge in [-0.15, -0.1) is 0 Å². The Labute approximate surface area is 171 Å². The second-order valence-electron chi connectivity index (χ2n) is 7.71. The molecule has 2 heterocycles. The van der Waals surface area contributed by atoms with E-state index >= 15 is 0 Å². The molecule has 3 heteroatoms. The van der Waals surface area contributed by atoms with Crippen molar-refractivity contribution in [3.63, 3.8) is 0 Å². The molecule has 0 spiro atoms. The van der Waals surface area contributed by atoms with Gasteiger partial charge in [0.05, 0.1) is 5.52 Å². The Kier molecular flexibility index (Phi) is 4.65. The van der Waals surface area contributed by atoms with Gasteiger partial charge in [-0.2, -0.15) is 0 Å². The number of anilines is 1. The minimum absolute atomic E-state index is 0.440. The van der Waals surface area contributed by atoms with Gasteiger partial charge in [-0.25, -0.2) is 0 Å². The number of rotatable bonds is 5. The minimum atomic E-state index is 0.440. The summed E-state index contributed by atoms with van der Waals surface area (Å²) in [5.41, 5.74) is 6.09. The molecule has 1 aromatic heterocycles. The molecule has 29 heavy (non-hydrogen) atoms. The van der Waals surface area contributed by atoms with Gasteiger partial charge in [-0.1, -0.05) is 48.5 Å². The number of para-hydroxylation sites is 1. The lowest BCUT2D eigenvalue weighted by Gasteiger charge is -2.13. The Morgan fingerprint density at radius 2 is 1.69 bits per heavy atom. The summed E-state index contributed by atoms with van der Waals surface area (Å²) in [5.74, 6) is 1.68. The highest BCUT2D eigenvalue weighted by molar-refractivity contribution is 5.95. The van der Waals surface area contributed by atoms with Crippen LogP contribution in [0.2, 0.25) is 0 Å². The Morgan fingerprint density at radius 3 is 2.48 bits per heavy atom. The van der Waals surface area contributed by atoms with Gasteiger partial charge in [0.1, 0.15) is 11.5 Å². The van der Waals surface area contributed by atoms with E-state index in [0.717, 1.165) is 47.4 Å². The fourth-order valence-electron chi connectivity index (χ4n) is 4.17. The van der Waals surface area contributed by atoms with Gasteiger partial charge in [0.2, 0.25) is 0 Å². The normalized spacial score (nSPS) is 15.1. The van der Waals surface area contributed by atoms with Gasteiger partial charge >= 0.3 is 0 Å². The van der Waals surface area contributed by atoms with Crippen LogP contribution < -0.4 is 10.1 Å². The summed E-state index contributed by atoms with van der Waals surface area (Å²) in [6.45, 7) is 2.12. The van der Waals surface area contributed by atoms with Gasteiger partial charge in [0.25, 0.3) is 0 Å². The molecule has 4 aromatic rings. The first kappa shape index (κ1) is 17.7. The first-order valence-corrected chi connectivity index (χ1v) is 10.2. The summed E-state index contributed by atoms with van der Waals surface area (Å²) in [5, 5.41) is 4.92. The Bertz CT molecular complexity index is 1140. The third-order valence-corrected chi connectivity index (χ3v) is 5.67. The van der Waals surface area contributed by atoms with E-state index in [1.165, 1.54) is 16.8 Å². The number of fused-ring (bicyclic) bond motifs is 3. The maximum Gasteiger partial charge on any atom is 0.128 e. The van der Waals surface area contributed by atoms with Gasteiger partial charge in [-0.05, 0) is 67.6 Å². The molecule has 5 rings (SSSR count). The van der Waals surface area contributed by atoms with E-state index in [2.05, 4.69) is 54.7 Å². The van der Waals surface area contributed by atoms with E-state index in [1.54, 1.807) is 0 Å². The zero-order chi connectivity index (χ0) is 19.6. The van der Waals surface area contributed by atoms with E-state index in [9.17, 15) is 0 Å². The molecule has 0 saturated heterocycles. The monoisotopic (exact) mass is 380 g/mol. The van der Waals surface area contributed by atoms with E-state index in [1.807, 2.05) is 36.4 Å².